The van der Waals surface area contributed by atoms with E-state index in [-0.39, 0.29) is 12.8 Å². The van der Waals surface area contributed by atoms with Crippen LogP contribution in [0.3, 0.4) is 0 Å². The van der Waals surface area contributed by atoms with E-state index >= 15 is 0 Å². The summed E-state index contributed by atoms with van der Waals surface area (Å²) in [7, 11) is 0. The molecule has 7 nitrogen and oxygen atoms in total. The van der Waals surface area contributed by atoms with Crippen LogP contribution >= 0.6 is 0 Å². The van der Waals surface area contributed by atoms with Gasteiger partial charge in [-0.2, -0.15) is 5.10 Å². The number of carboxylic acids is 1. The fraction of sp³-hybridized carbons (Fsp3) is 0.545. The second-order valence-corrected chi connectivity index (χ2v) is 4.36. The smallest absolute Gasteiger partial charge is 0.329 e. The minimum atomic E-state index is -1.24. The molecule has 0 atom stereocenters. The van der Waals surface area contributed by atoms with Gasteiger partial charge in [-0.3, -0.25) is 9.89 Å². The number of hydrogen-bond donors (Lipinski definition) is 3. The Labute approximate surface area is 104 Å². The Hall–Kier alpha value is -1.89. The fourth-order valence-electron chi connectivity index (χ4n) is 1.98. The van der Waals surface area contributed by atoms with Crippen molar-refractivity contribution in [3.63, 3.8) is 0 Å². The van der Waals surface area contributed by atoms with E-state index in [2.05, 4.69) is 15.5 Å². The van der Waals surface area contributed by atoms with Gasteiger partial charge in [0.05, 0.1) is 11.8 Å². The number of rotatable bonds is 3. The number of amides is 1. The van der Waals surface area contributed by atoms with Crippen molar-refractivity contribution >= 4 is 11.9 Å². The molecule has 1 aromatic heterocycles. The first-order valence-corrected chi connectivity index (χ1v) is 5.69. The third-order valence-corrected chi connectivity index (χ3v) is 3.18. The van der Waals surface area contributed by atoms with E-state index in [1.165, 1.54) is 6.20 Å². The normalized spacial score (nSPS) is 18.3. The zero-order valence-corrected chi connectivity index (χ0v) is 10.0. The number of aromatic nitrogens is 2. The fourth-order valence-corrected chi connectivity index (χ4v) is 1.98. The summed E-state index contributed by atoms with van der Waals surface area (Å²) in [5.41, 5.74) is -0.263. The first-order chi connectivity index (χ1) is 8.55. The summed E-state index contributed by atoms with van der Waals surface area (Å²) in [5, 5.41) is 18.3. The average molecular weight is 253 g/mol. The van der Waals surface area contributed by atoms with Crippen molar-refractivity contribution in [3.05, 3.63) is 17.5 Å². The highest BCUT2D eigenvalue weighted by atomic mass is 16.5. The highest BCUT2D eigenvalue weighted by Crippen LogP contribution is 2.22. The molecule has 0 bridgehead atoms. The van der Waals surface area contributed by atoms with E-state index in [0.717, 1.165) is 0 Å². The molecule has 7 heteroatoms. The number of nitrogens with one attached hydrogen (secondary N) is 2. The van der Waals surface area contributed by atoms with E-state index in [0.29, 0.717) is 24.5 Å². The number of ether oxygens (including phenoxy) is 1. The number of nitrogens with zero attached hydrogens (tertiary/aromatic N) is 1. The lowest BCUT2D eigenvalue weighted by Gasteiger charge is -2.33. The van der Waals surface area contributed by atoms with Crippen LogP contribution in [0.1, 0.15) is 28.9 Å². The van der Waals surface area contributed by atoms with Crippen LogP contribution in [0.2, 0.25) is 0 Å². The average Bonchev–Trinajstić information content (AvgIpc) is 2.76. The monoisotopic (exact) mass is 253 g/mol. The Morgan fingerprint density at radius 3 is 2.67 bits per heavy atom. The van der Waals surface area contributed by atoms with E-state index in [9.17, 15) is 14.7 Å². The van der Waals surface area contributed by atoms with Gasteiger partial charge in [-0.25, -0.2) is 4.79 Å². The molecule has 1 fully saturated rings. The molecule has 2 heterocycles. The van der Waals surface area contributed by atoms with Gasteiger partial charge in [0, 0.05) is 31.7 Å². The van der Waals surface area contributed by atoms with E-state index in [4.69, 9.17) is 4.74 Å². The Kier molecular flexibility index (Phi) is 3.33. The molecule has 0 aliphatic carbocycles. The van der Waals surface area contributed by atoms with E-state index < -0.39 is 17.4 Å². The molecule has 1 saturated heterocycles. The number of hydrogen-bond acceptors (Lipinski definition) is 4. The molecule has 3 N–H and O–H groups in total. The molecular weight excluding hydrogens is 238 g/mol. The summed E-state index contributed by atoms with van der Waals surface area (Å²) in [5.74, 6) is -1.45. The van der Waals surface area contributed by atoms with Gasteiger partial charge in [0.1, 0.15) is 5.54 Å². The van der Waals surface area contributed by atoms with E-state index in [1.54, 1.807) is 6.92 Å². The number of aryl methyl sites for hydroxylation is 1. The highest BCUT2D eigenvalue weighted by molar-refractivity contribution is 5.98. The predicted molar refractivity (Wildman–Crippen MR) is 61.2 cm³/mol. The lowest BCUT2D eigenvalue weighted by molar-refractivity contribution is -0.148. The SMILES string of the molecule is Cc1[nH]ncc1C(=O)NC1(C(=O)O)CCOCC1. The molecule has 98 valence electrons. The van der Waals surface area contributed by atoms with Gasteiger partial charge in [0.25, 0.3) is 5.91 Å². The molecule has 0 aromatic carbocycles. The van der Waals surface area contributed by atoms with Crippen molar-refractivity contribution in [1.29, 1.82) is 0 Å². The first-order valence-electron chi connectivity index (χ1n) is 5.69. The van der Waals surface area contributed by atoms with Crippen LogP contribution in [0.5, 0.6) is 0 Å². The predicted octanol–water partition coefficient (Wildman–Crippen LogP) is 0.0817. The van der Waals surface area contributed by atoms with Crippen molar-refractivity contribution in [2.75, 3.05) is 13.2 Å². The molecular formula is C11H15N3O4. The summed E-state index contributed by atoms with van der Waals surface area (Å²) < 4.78 is 5.14. The topological polar surface area (TPSA) is 104 Å². The van der Waals surface area contributed by atoms with Crippen LogP contribution in [0, 0.1) is 6.92 Å². The third kappa shape index (κ3) is 2.21. The molecule has 1 aromatic rings. The minimum Gasteiger partial charge on any atom is -0.480 e. The van der Waals surface area contributed by atoms with Crippen molar-refractivity contribution in [3.8, 4) is 0 Å². The van der Waals surface area contributed by atoms with Gasteiger partial charge in [-0.15, -0.1) is 0 Å². The zero-order chi connectivity index (χ0) is 13.2. The number of aliphatic carboxylic acids is 1. The second-order valence-electron chi connectivity index (χ2n) is 4.36. The van der Waals surface area contributed by atoms with Crippen LogP contribution in [0.4, 0.5) is 0 Å². The standard InChI is InChI=1S/C11H15N3O4/c1-7-8(6-12-14-7)9(15)13-11(10(16)17)2-4-18-5-3-11/h6H,2-5H2,1H3,(H,12,14)(H,13,15)(H,16,17). The van der Waals surface area contributed by atoms with Gasteiger partial charge >= 0.3 is 5.97 Å². The van der Waals surface area contributed by atoms with Crippen LogP contribution < -0.4 is 5.32 Å². The van der Waals surface area contributed by atoms with Gasteiger partial charge in [-0.05, 0) is 6.92 Å². The third-order valence-electron chi connectivity index (χ3n) is 3.18. The highest BCUT2D eigenvalue weighted by Gasteiger charge is 2.42. The molecule has 1 aliphatic rings. The Bertz CT molecular complexity index is 463. The Morgan fingerprint density at radius 1 is 1.50 bits per heavy atom. The van der Waals surface area contributed by atoms with Crippen molar-refractivity contribution in [2.45, 2.75) is 25.3 Å². The summed E-state index contributed by atoms with van der Waals surface area (Å²) in [6, 6.07) is 0. The number of aromatic amines is 1. The molecule has 18 heavy (non-hydrogen) atoms. The molecule has 0 spiro atoms. The van der Waals surface area contributed by atoms with Crippen LogP contribution in [0.15, 0.2) is 6.20 Å². The number of carboxylic acid groups (broad SMARTS) is 1. The Balaban J connectivity index is 2.17. The van der Waals surface area contributed by atoms with E-state index in [1.807, 2.05) is 0 Å². The summed E-state index contributed by atoms with van der Waals surface area (Å²) in [6.45, 7) is 2.37. The lowest BCUT2D eigenvalue weighted by atomic mass is 9.90. The minimum absolute atomic E-state index is 0.269. The summed E-state index contributed by atoms with van der Waals surface area (Å²) >= 11 is 0. The quantitative estimate of drug-likeness (QED) is 0.707. The van der Waals surface area contributed by atoms with Crippen LogP contribution in [-0.2, 0) is 9.53 Å². The van der Waals surface area contributed by atoms with Crippen LogP contribution in [-0.4, -0.2) is 45.9 Å². The lowest BCUT2D eigenvalue weighted by Crippen LogP contribution is -2.57. The van der Waals surface area contributed by atoms with Crippen molar-refractivity contribution in [2.24, 2.45) is 0 Å². The van der Waals surface area contributed by atoms with Crippen LogP contribution in [0.25, 0.3) is 0 Å². The molecule has 1 amide bonds. The maximum atomic E-state index is 12.0. The number of H-pyrrole nitrogens is 1. The number of carbonyl (C=O) groups is 2. The Morgan fingerprint density at radius 2 is 2.17 bits per heavy atom. The van der Waals surface area contributed by atoms with Gasteiger partial charge in [-0.1, -0.05) is 0 Å². The van der Waals surface area contributed by atoms with Gasteiger partial charge < -0.3 is 15.2 Å². The van der Waals surface area contributed by atoms with Gasteiger partial charge in [0.15, 0.2) is 0 Å². The van der Waals surface area contributed by atoms with Crippen molar-refractivity contribution in [1.82, 2.24) is 15.5 Å². The molecule has 1 aliphatic heterocycles. The maximum absolute atomic E-state index is 12.0. The second kappa shape index (κ2) is 4.77. The maximum Gasteiger partial charge on any atom is 0.329 e. The largest absolute Gasteiger partial charge is 0.480 e. The van der Waals surface area contributed by atoms with Gasteiger partial charge in [0.2, 0.25) is 0 Å². The molecule has 0 saturated carbocycles. The molecule has 2 rings (SSSR count). The molecule has 0 radical (unpaired) electrons. The first kappa shape index (κ1) is 12.6. The van der Waals surface area contributed by atoms with Crippen molar-refractivity contribution < 1.29 is 19.4 Å². The summed E-state index contributed by atoms with van der Waals surface area (Å²) in [6.07, 6.45) is 1.93. The zero-order valence-electron chi connectivity index (χ0n) is 10.0. The molecule has 0 unspecified atom stereocenters. The summed E-state index contributed by atoms with van der Waals surface area (Å²) in [4.78, 5) is 23.4. The number of carbonyl (C=O) groups excluding carboxylic acids is 1.